The van der Waals surface area contributed by atoms with E-state index in [0.29, 0.717) is 12.8 Å². The lowest BCUT2D eigenvalue weighted by atomic mass is 9.89. The Labute approximate surface area is 747 Å². The van der Waals surface area contributed by atoms with Gasteiger partial charge in [-0.15, -0.1) is 0 Å². The molecule has 130 heavy (non-hydrogen) atoms. The van der Waals surface area contributed by atoms with E-state index < -0.39 is 316 Å². The summed E-state index contributed by atoms with van der Waals surface area (Å²) in [4.78, 5) is 138. The summed E-state index contributed by atoms with van der Waals surface area (Å²) in [5.41, 5.74) is 2.78. The fourth-order valence-corrected chi connectivity index (χ4v) is 16.6. The molecule has 3 fully saturated rings. The number of halogens is 2. The molecular weight excluding hydrogens is 1760 g/mol. The Morgan fingerprint density at radius 2 is 1.05 bits per heavy atom. The van der Waals surface area contributed by atoms with E-state index in [1.807, 2.05) is 6.92 Å². The largest absolute Gasteiger partial charge is 0.508 e. The van der Waals surface area contributed by atoms with Crippen molar-refractivity contribution in [2.75, 3.05) is 19.8 Å². The number of unbranched alkanes of at least 4 members (excludes halogenated alkanes) is 4. The number of carbonyl (C=O) groups excluding carboxylic acids is 8. The van der Waals surface area contributed by atoms with Crippen molar-refractivity contribution in [1.29, 1.82) is 0 Å². The summed E-state index contributed by atoms with van der Waals surface area (Å²) in [5.74, 6) is -19.6. The van der Waals surface area contributed by atoms with Gasteiger partial charge in [-0.25, -0.2) is 4.79 Å². The van der Waals surface area contributed by atoms with Gasteiger partial charge in [0.2, 0.25) is 65.6 Å². The van der Waals surface area contributed by atoms with Gasteiger partial charge < -0.3 is 167 Å². The summed E-state index contributed by atoms with van der Waals surface area (Å²) >= 11 is 14.7. The van der Waals surface area contributed by atoms with Gasteiger partial charge in [-0.05, 0) is 119 Å². The van der Waals surface area contributed by atoms with Crippen LogP contribution in [0, 0.1) is 0 Å². The van der Waals surface area contributed by atoms with Gasteiger partial charge in [-0.2, -0.15) is 0 Å². The Morgan fingerprint density at radius 1 is 0.492 bits per heavy atom. The predicted octanol–water partition coefficient (Wildman–Crippen LogP) is 0.383. The molecule has 42 nitrogen and oxygen atoms in total. The number of aliphatic hydroxyl groups excluding tert-OH is 10. The number of nitrogens with one attached hydrogen (secondary N) is 8. The summed E-state index contributed by atoms with van der Waals surface area (Å²) in [7, 11) is 0. The smallest absolute Gasteiger partial charge is 0.330 e. The molecule has 23 atom stereocenters. The van der Waals surface area contributed by atoms with Crippen molar-refractivity contribution in [3.63, 3.8) is 0 Å². The number of aliphatic hydroxyl groups is 10. The first-order valence-electron chi connectivity index (χ1n) is 41.1. The van der Waals surface area contributed by atoms with Crippen molar-refractivity contribution < 1.29 is 162 Å². The number of phenols is 4. The average molecular weight is 1850 g/mol. The van der Waals surface area contributed by atoms with E-state index in [9.17, 15) is 95.8 Å². The highest BCUT2D eigenvalue weighted by molar-refractivity contribution is 6.32. The lowest BCUT2D eigenvalue weighted by Crippen LogP contribution is -2.65. The number of phenolic OH excluding ortho intramolecular Hbond substituents is 4. The van der Waals surface area contributed by atoms with Crippen LogP contribution in [0.15, 0.2) is 115 Å². The van der Waals surface area contributed by atoms with Crippen LogP contribution in [0.3, 0.4) is 0 Å². The Bertz CT molecular complexity index is 5500. The van der Waals surface area contributed by atoms with Crippen LogP contribution in [0.5, 0.6) is 69.0 Å². The molecule has 25 N–H and O–H groups in total. The van der Waals surface area contributed by atoms with Crippen LogP contribution in [0.25, 0.3) is 11.1 Å². The first-order valence-corrected chi connectivity index (χ1v) is 41.9. The molecule has 0 unspecified atom stereocenters. The number of benzene rings is 7. The maximum Gasteiger partial charge on any atom is 0.330 e. The summed E-state index contributed by atoms with van der Waals surface area (Å²) in [6.07, 6.45) is -25.9. The fourth-order valence-electron chi connectivity index (χ4n) is 16.2. The zero-order valence-corrected chi connectivity index (χ0v) is 70.2. The van der Waals surface area contributed by atoms with Gasteiger partial charge in [0.15, 0.2) is 35.3 Å². The minimum atomic E-state index is -2.59. The van der Waals surface area contributed by atoms with Crippen molar-refractivity contribution >= 4 is 76.4 Å². The van der Waals surface area contributed by atoms with Crippen LogP contribution >= 0.6 is 23.2 Å². The van der Waals surface area contributed by atoms with Crippen LogP contribution in [0.2, 0.25) is 10.0 Å². The first-order chi connectivity index (χ1) is 62.0. The molecule has 44 heteroatoms. The Morgan fingerprint density at radius 3 is 1.68 bits per heavy atom. The van der Waals surface area contributed by atoms with Crippen LogP contribution in [-0.2, 0) is 68.5 Å². The van der Waals surface area contributed by atoms with Gasteiger partial charge in [0.25, 0.3) is 0 Å². The monoisotopic (exact) mass is 1850 g/mol. The molecule has 9 aliphatic rings. The highest BCUT2D eigenvalue weighted by Crippen LogP contribution is 2.51. The molecule has 17 bridgehead atoms. The molecule has 694 valence electrons. The van der Waals surface area contributed by atoms with Crippen LogP contribution in [-0.4, -0.2) is 254 Å². The SMILES string of the molecule is CCCCCCCC(=O)N[C@H]1[C@H](Oc2c3cc4cc2Oc2ccc(cc2Cl)[C@@H](O[C@@H]2O[C@H](CO)[C@@H](O)[C@H](O)[C@H]2NC(C)=O)[C@@H]2NC(=O)[C@H](NC(=O)[C@@H]4NC(=O)[C@H]4NC(=O)[C@@H](Cc5ccc(c(Cl)c5)O3)NC(=O)[C@H](N)c3ccc(O)c(c3)Oc3cc(O)cc4c3)c3ccc(O)c(c3)-c3c(O[C@H]4O[C@H](CO)[C@@H](O)[C@H](O)[C@@H]4O)cc(O)cc3[C@@H](C(=O)O)NC2=O)O[C@H](CO)[C@@H](O)[C@@H]1O. The lowest BCUT2D eigenvalue weighted by Gasteiger charge is -2.44. The quantitative estimate of drug-likeness (QED) is 0.0517. The van der Waals surface area contributed by atoms with E-state index in [4.69, 9.17) is 71.6 Å². The van der Waals surface area contributed by atoms with Crippen molar-refractivity contribution in [2.45, 2.75) is 199 Å². The van der Waals surface area contributed by atoms with E-state index in [1.165, 1.54) is 30.3 Å². The molecule has 16 rings (SSSR count). The van der Waals surface area contributed by atoms with E-state index in [2.05, 4.69) is 42.5 Å². The van der Waals surface area contributed by atoms with Gasteiger partial charge in [0.05, 0.1) is 29.9 Å². The van der Waals surface area contributed by atoms with Crippen molar-refractivity contribution in [2.24, 2.45) is 5.73 Å². The Hall–Kier alpha value is -12.1. The third-order valence-electron chi connectivity index (χ3n) is 23.0. The molecule has 0 spiro atoms. The van der Waals surface area contributed by atoms with E-state index in [0.717, 1.165) is 111 Å². The molecule has 9 heterocycles. The van der Waals surface area contributed by atoms with E-state index in [1.54, 1.807) is 0 Å². The number of carbonyl (C=O) groups is 9. The number of ether oxygens (including phenoxy) is 9. The highest BCUT2D eigenvalue weighted by Gasteiger charge is 2.52. The molecular formula is C86H93Cl2N9O33. The second-order valence-electron chi connectivity index (χ2n) is 32.0. The molecule has 7 aromatic rings. The van der Waals surface area contributed by atoms with Gasteiger partial charge in [0.1, 0.15) is 156 Å². The molecule has 9 aliphatic heterocycles. The number of hydrogen-bond acceptors (Lipinski definition) is 33. The second kappa shape index (κ2) is 39.7. The van der Waals surface area contributed by atoms with Crippen molar-refractivity contribution in [1.82, 2.24) is 42.5 Å². The fraction of sp³-hybridized carbons (Fsp3) is 0.407. The topological polar surface area (TPSA) is 662 Å². The summed E-state index contributed by atoms with van der Waals surface area (Å²) in [6, 6.07) is 0.641. The molecule has 0 radical (unpaired) electrons. The molecule has 0 saturated carbocycles. The van der Waals surface area contributed by atoms with E-state index >= 15 is 24.0 Å². The minimum Gasteiger partial charge on any atom is -0.508 e. The third-order valence-corrected chi connectivity index (χ3v) is 23.5. The van der Waals surface area contributed by atoms with Crippen LogP contribution in [0.1, 0.15) is 128 Å². The first kappa shape index (κ1) is 94.1. The normalized spacial score (nSPS) is 29.1. The highest BCUT2D eigenvalue weighted by atomic mass is 35.5. The second-order valence-corrected chi connectivity index (χ2v) is 32.8. The number of fused-ring (bicyclic) bond motifs is 14. The van der Waals surface area contributed by atoms with Crippen LogP contribution in [0.4, 0.5) is 0 Å². The lowest BCUT2D eigenvalue weighted by molar-refractivity contribution is -0.284. The Kier molecular flexibility index (Phi) is 28.7. The van der Waals surface area contributed by atoms with Crippen molar-refractivity contribution in [3.8, 4) is 80.1 Å². The number of aromatic hydroxyl groups is 4. The zero-order valence-electron chi connectivity index (χ0n) is 68.7. The number of aliphatic carboxylic acids is 1. The molecule has 8 amide bonds. The number of carboxylic acid groups (broad SMARTS) is 1. The maximum atomic E-state index is 17.0. The van der Waals surface area contributed by atoms with Gasteiger partial charge in [-0.1, -0.05) is 80.1 Å². The van der Waals surface area contributed by atoms with Crippen molar-refractivity contribution in [3.05, 3.63) is 164 Å². The van der Waals surface area contributed by atoms with Gasteiger partial charge in [-0.3, -0.25) is 38.4 Å². The van der Waals surface area contributed by atoms with Gasteiger partial charge >= 0.3 is 5.97 Å². The van der Waals surface area contributed by atoms with Gasteiger partial charge in [0, 0.05) is 48.6 Å². The number of amides is 8. The molecule has 0 aromatic heterocycles. The van der Waals surface area contributed by atoms with Crippen LogP contribution < -0.4 is 72.0 Å². The number of carboxylic acids is 1. The predicted molar refractivity (Wildman–Crippen MR) is 444 cm³/mol. The van der Waals surface area contributed by atoms with E-state index in [-0.39, 0.29) is 39.8 Å². The number of nitrogens with two attached hydrogens (primary N) is 1. The minimum absolute atomic E-state index is 0.0267. The molecule has 0 aliphatic carbocycles. The molecule has 3 saturated heterocycles. The number of rotatable bonds is 18. The number of hydrogen-bond donors (Lipinski definition) is 24. The zero-order chi connectivity index (χ0) is 93.3. The third kappa shape index (κ3) is 20.0. The standard InChI is InChI=1S/C86H93Cl2N9O33/c1-3-4-5-6-7-8-58(106)92-66-72(111)69(108)56(30-99)127-85(66)130-76-53-24-38-25-54(76)124-50-16-12-36(22-45(50)88)75(129-84-65(90-32(2)101)71(110)68(107)55(29-98)126-84)67-82(119)96-64(83(120)121)43-27-40(103)28-52(125-86-74(113)73(112)70(109)57(31-100)128-86)59(43)42-21-35(11-13-47(42)104)61(79(116)97-67)94-81(118)63(38)95-80(117)62-37-19-39(102)26-41(20-37)122-51-23-34(10-14-48(51)105)60(89)78(115)91-46(77(114)93-62)18-33-9-15-49(123-53)44(87)17-33/h9-17,19-28,46,55-57,60-75,84-86,98-100,102-105,107-113H,3-8,18,29-31,89H2,1-2H3,(H,90,101)(H,91,115)(H,92,106)(H,93,114)(H,94,118)(H,95,117)(H,96,119)(H,97,116)(H,120,121)/t46-,55-,56-,57-,60-,61-,62+,63-,64+,65-,66-,67+,68-,69-,70-,71-,72-,73+,74+,75-,84+,85+,86+/m1/s1. The Balaban J connectivity index is 1.04. The maximum absolute atomic E-state index is 17.0. The molecule has 7 aromatic carbocycles. The summed E-state index contributed by atoms with van der Waals surface area (Å²) in [5, 5.41) is 190. The summed E-state index contributed by atoms with van der Waals surface area (Å²) < 4.78 is 57.4. The summed E-state index contributed by atoms with van der Waals surface area (Å²) in [6.45, 7) is -0.183. The average Bonchev–Trinajstić information content (AvgIpc) is 0.769.